The van der Waals surface area contributed by atoms with Crippen LogP contribution >= 0.6 is 0 Å². The summed E-state index contributed by atoms with van der Waals surface area (Å²) in [6.07, 6.45) is 0. The van der Waals surface area contributed by atoms with E-state index in [-0.39, 0.29) is 0 Å². The Hall–Kier alpha value is -7.57. The molecular weight excluding hydrogens is 675 g/mol. The highest BCUT2D eigenvalue weighted by Gasteiger charge is 2.23. The number of furan rings is 1. The molecule has 0 N–H and O–H groups in total. The Labute approximate surface area is 314 Å². The van der Waals surface area contributed by atoms with E-state index in [1.807, 2.05) is 30.3 Å². The molecule has 0 atom stereocenters. The van der Waals surface area contributed by atoms with Gasteiger partial charge in [-0.2, -0.15) is 9.97 Å². The summed E-state index contributed by atoms with van der Waals surface area (Å²) in [5.74, 6) is 1.73. The summed E-state index contributed by atoms with van der Waals surface area (Å²) in [4.78, 5) is 15.6. The fourth-order valence-electron chi connectivity index (χ4n) is 8.58. The molecule has 0 fully saturated rings. The molecule has 256 valence electrons. The molecule has 4 aromatic heterocycles. The van der Waals surface area contributed by atoms with Crippen LogP contribution in [-0.2, 0) is 0 Å². The topological polar surface area (TPSA) is 61.7 Å². The van der Waals surface area contributed by atoms with E-state index in [0.29, 0.717) is 17.6 Å². The number of hydrogen-bond acceptors (Lipinski definition) is 4. The van der Waals surface area contributed by atoms with E-state index in [1.54, 1.807) is 0 Å². The summed E-state index contributed by atoms with van der Waals surface area (Å²) in [6, 6.07) is 61.3. The zero-order valence-electron chi connectivity index (χ0n) is 29.4. The van der Waals surface area contributed by atoms with Crippen molar-refractivity contribution in [1.29, 1.82) is 0 Å². The molecule has 12 rings (SSSR count). The van der Waals surface area contributed by atoms with Crippen molar-refractivity contribution in [3.05, 3.63) is 176 Å². The lowest BCUT2D eigenvalue weighted by molar-refractivity contribution is 0.669. The summed E-state index contributed by atoms with van der Waals surface area (Å²) < 4.78 is 11.0. The third kappa shape index (κ3) is 4.39. The number of para-hydroxylation sites is 3. The van der Waals surface area contributed by atoms with Crippen LogP contribution in [-0.4, -0.2) is 24.1 Å². The number of benzene rings is 8. The quantitative estimate of drug-likeness (QED) is 0.183. The molecule has 6 heteroatoms. The summed E-state index contributed by atoms with van der Waals surface area (Å²) in [7, 11) is 0. The van der Waals surface area contributed by atoms with Crippen LogP contribution in [0.2, 0.25) is 0 Å². The first kappa shape index (κ1) is 29.9. The van der Waals surface area contributed by atoms with Crippen molar-refractivity contribution in [3.63, 3.8) is 0 Å². The molecule has 0 saturated carbocycles. The summed E-state index contributed by atoms with van der Waals surface area (Å²) in [5, 5.41) is 9.24. The first-order valence-corrected chi connectivity index (χ1v) is 18.5. The van der Waals surface area contributed by atoms with Crippen molar-refractivity contribution >= 4 is 76.3 Å². The van der Waals surface area contributed by atoms with E-state index in [4.69, 9.17) is 19.4 Å². The van der Waals surface area contributed by atoms with Gasteiger partial charge >= 0.3 is 0 Å². The van der Waals surface area contributed by atoms with E-state index in [9.17, 15) is 0 Å². The monoisotopic (exact) mass is 703 g/mol. The minimum Gasteiger partial charge on any atom is -0.456 e. The third-order valence-electron chi connectivity index (χ3n) is 11.0. The van der Waals surface area contributed by atoms with Gasteiger partial charge in [0.15, 0.2) is 11.6 Å². The van der Waals surface area contributed by atoms with Crippen LogP contribution in [0.1, 0.15) is 0 Å². The van der Waals surface area contributed by atoms with Gasteiger partial charge in [0.25, 0.3) is 0 Å². The second kappa shape index (κ2) is 11.5. The van der Waals surface area contributed by atoms with Crippen LogP contribution in [0.3, 0.4) is 0 Å². The minimum atomic E-state index is 0.553. The second-order valence-electron chi connectivity index (χ2n) is 14.0. The molecule has 0 bridgehead atoms. The zero-order valence-corrected chi connectivity index (χ0v) is 29.4. The van der Waals surface area contributed by atoms with Crippen molar-refractivity contribution in [1.82, 2.24) is 24.1 Å². The van der Waals surface area contributed by atoms with E-state index in [2.05, 4.69) is 155 Å². The lowest BCUT2D eigenvalue weighted by Gasteiger charge is -2.11. The molecule has 0 aliphatic carbocycles. The van der Waals surface area contributed by atoms with E-state index >= 15 is 0 Å². The average molecular weight is 704 g/mol. The SMILES string of the molecule is c1ccc(-c2nc(-c3ccc4c(c3)oc3ccc5ccccc5c34)nc(-n3c4ccccc4c4c5c6ccccc6n(-c6ccccc6)c5ccc43)n2)cc1. The number of aromatic nitrogens is 5. The molecular formula is C49H29N5O. The Balaban J connectivity index is 1.14. The van der Waals surface area contributed by atoms with Crippen LogP contribution in [0.4, 0.5) is 0 Å². The Morgan fingerprint density at radius 1 is 0.364 bits per heavy atom. The zero-order chi connectivity index (χ0) is 36.0. The second-order valence-corrected chi connectivity index (χ2v) is 14.0. The Morgan fingerprint density at radius 3 is 1.71 bits per heavy atom. The molecule has 0 unspecified atom stereocenters. The maximum atomic E-state index is 6.49. The molecule has 0 spiro atoms. The maximum Gasteiger partial charge on any atom is 0.238 e. The number of nitrogens with zero attached hydrogens (tertiary/aromatic N) is 5. The van der Waals surface area contributed by atoms with Gasteiger partial charge in [-0.25, -0.2) is 4.98 Å². The number of hydrogen-bond donors (Lipinski definition) is 0. The van der Waals surface area contributed by atoms with Crippen molar-refractivity contribution in [2.24, 2.45) is 0 Å². The first-order chi connectivity index (χ1) is 27.3. The highest BCUT2D eigenvalue weighted by molar-refractivity contribution is 6.29. The molecule has 0 amide bonds. The lowest BCUT2D eigenvalue weighted by atomic mass is 10.0. The fourth-order valence-corrected chi connectivity index (χ4v) is 8.58. The van der Waals surface area contributed by atoms with Gasteiger partial charge in [-0.15, -0.1) is 0 Å². The molecule has 0 saturated heterocycles. The van der Waals surface area contributed by atoms with E-state index < -0.39 is 0 Å². The fraction of sp³-hybridized carbons (Fsp3) is 0. The smallest absolute Gasteiger partial charge is 0.238 e. The Kier molecular flexibility index (Phi) is 6.24. The lowest BCUT2D eigenvalue weighted by Crippen LogP contribution is -2.06. The van der Waals surface area contributed by atoms with Gasteiger partial charge in [-0.3, -0.25) is 4.57 Å². The van der Waals surface area contributed by atoms with Crippen LogP contribution < -0.4 is 0 Å². The standard InChI is InChI=1S/C49H29N5O/c1-3-14-31(15-4-1)47-50-48(32-23-25-37-43(29-32)55-42-28-24-30-13-7-8-18-34(30)44(37)42)52-49(51-47)54-39-22-12-10-20-36(39)46-41(54)27-26-40-45(46)35-19-9-11-21-38(35)53(40)33-16-5-2-6-17-33/h1-29H. The molecule has 6 nitrogen and oxygen atoms in total. The number of rotatable bonds is 4. The van der Waals surface area contributed by atoms with Crippen LogP contribution in [0.25, 0.3) is 111 Å². The minimum absolute atomic E-state index is 0.553. The molecule has 0 aliphatic rings. The summed E-state index contributed by atoms with van der Waals surface area (Å²) >= 11 is 0. The van der Waals surface area contributed by atoms with E-state index in [1.165, 1.54) is 21.5 Å². The van der Waals surface area contributed by atoms with Crippen molar-refractivity contribution in [3.8, 4) is 34.4 Å². The molecule has 0 aliphatic heterocycles. The van der Waals surface area contributed by atoms with Gasteiger partial charge in [0, 0.05) is 49.1 Å². The van der Waals surface area contributed by atoms with Gasteiger partial charge in [-0.05, 0) is 65.4 Å². The summed E-state index contributed by atoms with van der Waals surface area (Å²) in [6.45, 7) is 0. The Morgan fingerprint density at radius 2 is 0.964 bits per heavy atom. The number of fused-ring (bicyclic) bond motifs is 12. The average Bonchev–Trinajstić information content (AvgIpc) is 3.91. The molecule has 55 heavy (non-hydrogen) atoms. The highest BCUT2D eigenvalue weighted by Crippen LogP contribution is 2.42. The van der Waals surface area contributed by atoms with Gasteiger partial charge in [0.1, 0.15) is 11.2 Å². The highest BCUT2D eigenvalue weighted by atomic mass is 16.3. The van der Waals surface area contributed by atoms with Crippen molar-refractivity contribution in [2.45, 2.75) is 0 Å². The predicted molar refractivity (Wildman–Crippen MR) is 224 cm³/mol. The molecule has 0 radical (unpaired) electrons. The van der Waals surface area contributed by atoms with Gasteiger partial charge in [0.2, 0.25) is 5.95 Å². The van der Waals surface area contributed by atoms with Gasteiger partial charge in [-0.1, -0.05) is 121 Å². The summed E-state index contributed by atoms with van der Waals surface area (Å²) in [5.41, 5.74) is 8.91. The van der Waals surface area contributed by atoms with Crippen LogP contribution in [0, 0.1) is 0 Å². The maximum absolute atomic E-state index is 6.49. The van der Waals surface area contributed by atoms with E-state index in [0.717, 1.165) is 71.6 Å². The van der Waals surface area contributed by atoms with Crippen LogP contribution in [0.5, 0.6) is 0 Å². The third-order valence-corrected chi connectivity index (χ3v) is 11.0. The molecule has 4 heterocycles. The first-order valence-electron chi connectivity index (χ1n) is 18.5. The predicted octanol–water partition coefficient (Wildman–Crippen LogP) is 12.5. The normalized spacial score (nSPS) is 12.0. The van der Waals surface area contributed by atoms with Gasteiger partial charge in [0.05, 0.1) is 22.1 Å². The van der Waals surface area contributed by atoms with Gasteiger partial charge < -0.3 is 8.98 Å². The largest absolute Gasteiger partial charge is 0.456 e. The molecule has 8 aromatic carbocycles. The Bertz CT molecular complexity index is 3490. The van der Waals surface area contributed by atoms with Crippen molar-refractivity contribution < 1.29 is 4.42 Å². The van der Waals surface area contributed by atoms with Crippen molar-refractivity contribution in [2.75, 3.05) is 0 Å². The molecule has 12 aromatic rings. The van der Waals surface area contributed by atoms with Crippen LogP contribution in [0.15, 0.2) is 180 Å².